The standard InChI is InChI=1S/C64H58N14O9.Zn/c1-79-23-32-86-53-36-49-50(37-54(53)87-33-24-80-2)65-39-66-56(49)67-41-12-9-11-40(35-41)51-38-78(77-76-51)21-22-81-25-26-82-27-28-83-29-30-84-31-34-85-52-20-10-19-48-55(52)64-74-62-47-18-8-7-17-46(47)60(72-62)70-58-43-14-4-3-13-42(43)57(68-58)69-59-44-15-5-6-16-45(44)61(71-59)73-63(48)75-64;/h3-20,35-39H,21-34H2,1-2H3,(H-2,65,66,67,68,69,70,71,72,73,74,75);/q-2;+2. The Balaban J connectivity index is 0.00000754. The van der Waals surface area contributed by atoms with E-state index in [4.69, 9.17) is 82.5 Å². The van der Waals surface area contributed by atoms with Crippen LogP contribution in [0.5, 0.6) is 17.2 Å². The molecule has 1 N–H and O–H groups in total. The molecule has 88 heavy (non-hydrogen) atoms. The number of hydrogen-bond acceptors (Lipinski definition) is 20. The van der Waals surface area contributed by atoms with Crippen LogP contribution in [0.2, 0.25) is 0 Å². The van der Waals surface area contributed by atoms with Crippen LogP contribution in [-0.4, -0.2) is 155 Å². The molecular weight excluding hydrogens is 1170 g/mol. The molecule has 0 unspecified atom stereocenters. The van der Waals surface area contributed by atoms with Crippen molar-refractivity contribution in [3.05, 3.63) is 140 Å². The third kappa shape index (κ3) is 13.2. The molecule has 0 amide bonds. The van der Waals surface area contributed by atoms with Crippen LogP contribution in [0.3, 0.4) is 0 Å². The summed E-state index contributed by atoms with van der Waals surface area (Å²) in [6.07, 6.45) is 3.40. The number of benzene rings is 6. The van der Waals surface area contributed by atoms with Crippen molar-refractivity contribution >= 4 is 66.5 Å². The number of nitrogens with zero attached hydrogens (tertiary/aromatic N) is 13. The summed E-state index contributed by atoms with van der Waals surface area (Å²) in [5.74, 6) is 4.20. The Morgan fingerprint density at radius 3 is 1.56 bits per heavy atom. The molecular formula is C64H58N14O9Zn. The molecule has 2 aliphatic rings. The number of fused-ring (bicyclic) bond motifs is 21. The van der Waals surface area contributed by atoms with Gasteiger partial charge in [0.2, 0.25) is 0 Å². The van der Waals surface area contributed by atoms with Gasteiger partial charge in [0.1, 0.15) is 43.4 Å². The molecule has 0 spiro atoms. The van der Waals surface area contributed by atoms with Crippen LogP contribution in [0.1, 0.15) is 0 Å². The van der Waals surface area contributed by atoms with E-state index in [0.29, 0.717) is 171 Å². The van der Waals surface area contributed by atoms with E-state index in [1.165, 1.54) is 6.33 Å². The Morgan fingerprint density at radius 2 is 0.943 bits per heavy atom. The summed E-state index contributed by atoms with van der Waals surface area (Å²) in [6, 6.07) is 41.0. The average molecular weight is 1230 g/mol. The fourth-order valence-corrected chi connectivity index (χ4v) is 10.1. The molecule has 24 heteroatoms. The molecule has 8 bridgehead atoms. The van der Waals surface area contributed by atoms with Gasteiger partial charge in [-0.05, 0) is 40.4 Å². The van der Waals surface area contributed by atoms with Gasteiger partial charge in [0.25, 0.3) is 0 Å². The van der Waals surface area contributed by atoms with E-state index in [1.807, 2.05) is 134 Å². The Kier molecular flexibility index (Phi) is 18.8. The van der Waals surface area contributed by atoms with E-state index in [9.17, 15) is 0 Å². The number of nitrogens with one attached hydrogen (secondary N) is 1. The summed E-state index contributed by atoms with van der Waals surface area (Å²) in [6.45, 7) is 5.54. The summed E-state index contributed by atoms with van der Waals surface area (Å²) < 4.78 is 53.7. The fraction of sp³-hybridized carbons (Fsp3) is 0.250. The van der Waals surface area contributed by atoms with E-state index in [1.54, 1.807) is 18.9 Å². The van der Waals surface area contributed by atoms with Gasteiger partial charge in [0.15, 0.2) is 11.5 Å². The summed E-state index contributed by atoms with van der Waals surface area (Å²) in [5.41, 5.74) is 8.24. The Bertz CT molecular complexity index is 4420. The summed E-state index contributed by atoms with van der Waals surface area (Å²) >= 11 is 0. The molecule has 13 rings (SSSR count). The van der Waals surface area contributed by atoms with Crippen molar-refractivity contribution in [1.29, 1.82) is 0 Å². The van der Waals surface area contributed by atoms with E-state index < -0.39 is 0 Å². The molecule has 23 nitrogen and oxygen atoms in total. The molecule has 11 aromatic rings. The molecule has 7 heterocycles. The largest absolute Gasteiger partial charge is 2.00 e. The molecule has 0 saturated carbocycles. The number of aromatic nitrogens is 13. The molecule has 0 saturated heterocycles. The molecule has 0 radical (unpaired) electrons. The fourth-order valence-electron chi connectivity index (χ4n) is 10.1. The maximum Gasteiger partial charge on any atom is 2.00 e. The van der Waals surface area contributed by atoms with Gasteiger partial charge in [-0.15, -0.1) is 5.10 Å². The van der Waals surface area contributed by atoms with Crippen LogP contribution in [-0.2, 0) is 54.4 Å². The van der Waals surface area contributed by atoms with E-state index in [0.717, 1.165) is 55.0 Å². The number of methoxy groups -OCH3 is 2. The van der Waals surface area contributed by atoms with Crippen LogP contribution in [0, 0.1) is 0 Å². The minimum Gasteiger partial charge on any atom is -0.491 e. The van der Waals surface area contributed by atoms with Gasteiger partial charge in [-0.1, -0.05) is 102 Å². The van der Waals surface area contributed by atoms with Crippen molar-refractivity contribution in [2.75, 3.05) is 105 Å². The van der Waals surface area contributed by atoms with Gasteiger partial charge >= 0.3 is 19.5 Å². The number of rotatable bonds is 27. The number of hydrogen-bond donors (Lipinski definition) is 1. The third-order valence-electron chi connectivity index (χ3n) is 14.2. The first-order valence-corrected chi connectivity index (χ1v) is 28.4. The van der Waals surface area contributed by atoms with Crippen LogP contribution < -0.4 is 29.5 Å². The zero-order valence-corrected chi connectivity index (χ0v) is 51.3. The van der Waals surface area contributed by atoms with Crippen LogP contribution in [0.15, 0.2) is 140 Å². The van der Waals surface area contributed by atoms with Crippen molar-refractivity contribution < 1.29 is 62.1 Å². The molecule has 6 aromatic carbocycles. The second-order valence-electron chi connectivity index (χ2n) is 19.9. The molecule has 2 aliphatic heterocycles. The van der Waals surface area contributed by atoms with Crippen molar-refractivity contribution in [2.45, 2.75) is 6.54 Å². The van der Waals surface area contributed by atoms with Crippen molar-refractivity contribution in [3.8, 4) is 74.1 Å². The zero-order valence-electron chi connectivity index (χ0n) is 48.4. The smallest absolute Gasteiger partial charge is 0.491 e. The average Bonchev–Trinajstić information content (AvgIpc) is 3.82. The van der Waals surface area contributed by atoms with E-state index in [2.05, 4.69) is 25.6 Å². The minimum absolute atomic E-state index is 0. The summed E-state index contributed by atoms with van der Waals surface area (Å²) in [5, 5.41) is 16.1. The van der Waals surface area contributed by atoms with Gasteiger partial charge < -0.3 is 77.9 Å². The topological polar surface area (TPSA) is 257 Å². The molecule has 5 aromatic heterocycles. The molecule has 440 valence electrons. The van der Waals surface area contributed by atoms with Crippen molar-refractivity contribution in [3.63, 3.8) is 0 Å². The second-order valence-corrected chi connectivity index (χ2v) is 19.9. The minimum atomic E-state index is 0. The predicted molar refractivity (Wildman–Crippen MR) is 326 cm³/mol. The maximum atomic E-state index is 6.41. The van der Waals surface area contributed by atoms with E-state index >= 15 is 0 Å². The second kappa shape index (κ2) is 28.1. The first kappa shape index (κ1) is 59.1. The van der Waals surface area contributed by atoms with Gasteiger partial charge in [-0.2, -0.15) is 0 Å². The van der Waals surface area contributed by atoms with Gasteiger partial charge in [0, 0.05) is 87.2 Å². The Labute approximate surface area is 516 Å². The first-order chi connectivity index (χ1) is 43.0. The van der Waals surface area contributed by atoms with Gasteiger partial charge in [-0.25, -0.2) is 24.6 Å². The van der Waals surface area contributed by atoms with Crippen LogP contribution in [0.25, 0.3) is 112 Å². The number of anilines is 2. The number of ether oxygens (including phenoxy) is 9. The van der Waals surface area contributed by atoms with Crippen LogP contribution in [0.4, 0.5) is 11.5 Å². The third-order valence-corrected chi connectivity index (χ3v) is 14.2. The van der Waals surface area contributed by atoms with Crippen molar-refractivity contribution in [1.82, 2.24) is 64.8 Å². The maximum absolute atomic E-state index is 6.41. The molecule has 0 atom stereocenters. The normalized spacial score (nSPS) is 11.7. The summed E-state index contributed by atoms with van der Waals surface area (Å²) in [4.78, 5) is 49.2. The van der Waals surface area contributed by atoms with Crippen LogP contribution >= 0.6 is 0 Å². The monoisotopic (exact) mass is 1230 g/mol. The molecule has 0 fully saturated rings. The van der Waals surface area contributed by atoms with Crippen molar-refractivity contribution in [2.24, 2.45) is 0 Å². The molecule has 0 aliphatic carbocycles. The predicted octanol–water partition coefficient (Wildman–Crippen LogP) is 9.27. The Hall–Kier alpha value is -9.26. The van der Waals surface area contributed by atoms with Gasteiger partial charge in [0.05, 0.1) is 108 Å². The summed E-state index contributed by atoms with van der Waals surface area (Å²) in [7, 11) is 3.25. The quantitative estimate of drug-likeness (QED) is 0.0371. The first-order valence-electron chi connectivity index (χ1n) is 28.4. The Morgan fingerprint density at radius 1 is 0.443 bits per heavy atom. The SMILES string of the molecule is COCCOc1cc2ncnc(Nc3cccc(-c4cn(CCOCCOCCOCCOCCOc5cccc6c7nc8nc(nc9[n-]c(nc%10nc(nc([n-]7)c56)-c5ccccc5-%10)c5ccccc95)-c5ccccc5-8)nn4)c3)c2cc1OCCOC.[Zn+2]. The van der Waals surface area contributed by atoms with E-state index in [-0.39, 0.29) is 26.1 Å². The van der Waals surface area contributed by atoms with Gasteiger partial charge in [-0.3, -0.25) is 0 Å². The zero-order chi connectivity index (χ0) is 58.7.